The molecule has 1 atom stereocenters. The highest BCUT2D eigenvalue weighted by molar-refractivity contribution is 5.94. The lowest BCUT2D eigenvalue weighted by Crippen LogP contribution is -2.45. The van der Waals surface area contributed by atoms with Gasteiger partial charge in [0, 0.05) is 31.9 Å². The highest BCUT2D eigenvalue weighted by atomic mass is 16.3. The number of hydrogen-bond donors (Lipinski definition) is 2. The number of carbonyl (C=O) groups excluding carboxylic acids is 1. The zero-order chi connectivity index (χ0) is 15.9. The molecule has 0 saturated carbocycles. The summed E-state index contributed by atoms with van der Waals surface area (Å²) in [6.07, 6.45) is 6.23. The topological polar surface area (TPSA) is 70.4 Å². The lowest BCUT2D eigenvalue weighted by Gasteiger charge is -2.34. The second kappa shape index (κ2) is 8.29. The van der Waals surface area contributed by atoms with Crippen molar-refractivity contribution in [2.45, 2.75) is 52.1 Å². The van der Waals surface area contributed by atoms with Crippen molar-refractivity contribution in [1.82, 2.24) is 20.0 Å². The van der Waals surface area contributed by atoms with E-state index in [4.69, 9.17) is 0 Å². The molecule has 6 heteroatoms. The van der Waals surface area contributed by atoms with Gasteiger partial charge in [-0.15, -0.1) is 0 Å². The number of amides is 1. The second-order valence-electron chi connectivity index (χ2n) is 6.02. The molecule has 1 aromatic rings. The van der Waals surface area contributed by atoms with E-state index in [1.807, 2.05) is 17.8 Å². The van der Waals surface area contributed by atoms with Crippen LogP contribution in [0.1, 0.15) is 48.7 Å². The second-order valence-corrected chi connectivity index (χ2v) is 6.02. The zero-order valence-corrected chi connectivity index (χ0v) is 13.7. The number of carbonyl (C=O) groups is 1. The third kappa shape index (κ3) is 4.30. The molecule has 6 nitrogen and oxygen atoms in total. The minimum absolute atomic E-state index is 0.0580. The van der Waals surface area contributed by atoms with Gasteiger partial charge in [-0.25, -0.2) is 0 Å². The summed E-state index contributed by atoms with van der Waals surface area (Å²) in [5.41, 5.74) is 1.43. The monoisotopic (exact) mass is 308 g/mol. The molecule has 0 radical (unpaired) electrons. The summed E-state index contributed by atoms with van der Waals surface area (Å²) in [4.78, 5) is 14.5. The molecular formula is C16H28N4O2. The molecule has 1 saturated heterocycles. The number of aliphatic hydroxyl groups is 1. The summed E-state index contributed by atoms with van der Waals surface area (Å²) in [5, 5.41) is 16.7. The largest absolute Gasteiger partial charge is 0.395 e. The fourth-order valence-electron chi connectivity index (χ4n) is 3.05. The number of nitrogens with zero attached hydrogens (tertiary/aromatic N) is 3. The van der Waals surface area contributed by atoms with Crippen LogP contribution < -0.4 is 5.32 Å². The quantitative estimate of drug-likeness (QED) is 0.793. The van der Waals surface area contributed by atoms with Crippen LogP contribution in [0, 0.1) is 6.92 Å². The van der Waals surface area contributed by atoms with Gasteiger partial charge < -0.3 is 10.4 Å². The molecule has 1 aromatic heterocycles. The third-order valence-corrected chi connectivity index (χ3v) is 4.29. The maximum absolute atomic E-state index is 12.2. The van der Waals surface area contributed by atoms with Crippen LogP contribution in [0.25, 0.3) is 0 Å². The smallest absolute Gasteiger partial charge is 0.254 e. The van der Waals surface area contributed by atoms with E-state index in [1.54, 1.807) is 0 Å². The molecule has 1 aliphatic rings. The molecule has 2 rings (SSSR count). The van der Waals surface area contributed by atoms with Crippen molar-refractivity contribution in [3.05, 3.63) is 17.5 Å². The average molecular weight is 308 g/mol. The molecule has 22 heavy (non-hydrogen) atoms. The lowest BCUT2D eigenvalue weighted by molar-refractivity contribution is 0.0849. The maximum atomic E-state index is 12.2. The van der Waals surface area contributed by atoms with Crippen molar-refractivity contribution < 1.29 is 9.90 Å². The summed E-state index contributed by atoms with van der Waals surface area (Å²) in [5.74, 6) is -0.0580. The molecule has 1 amide bonds. The highest BCUT2D eigenvalue weighted by Crippen LogP contribution is 2.15. The van der Waals surface area contributed by atoms with E-state index >= 15 is 0 Å². The molecule has 0 aliphatic carbocycles. The van der Waals surface area contributed by atoms with Gasteiger partial charge in [-0.1, -0.05) is 13.3 Å². The van der Waals surface area contributed by atoms with Gasteiger partial charge in [-0.05, 0) is 32.7 Å². The number of likely N-dealkylation sites (tertiary alicyclic amines) is 1. The molecule has 2 N–H and O–H groups in total. The van der Waals surface area contributed by atoms with Crippen LogP contribution >= 0.6 is 0 Å². The summed E-state index contributed by atoms with van der Waals surface area (Å²) in [6, 6.07) is 0.250. The molecule has 0 spiro atoms. The van der Waals surface area contributed by atoms with E-state index in [0.29, 0.717) is 12.1 Å². The number of aromatic nitrogens is 2. The molecule has 0 unspecified atom stereocenters. The minimum atomic E-state index is -0.0580. The Morgan fingerprint density at radius 1 is 1.45 bits per heavy atom. The Balaban J connectivity index is 1.82. The van der Waals surface area contributed by atoms with Gasteiger partial charge in [0.2, 0.25) is 0 Å². The Morgan fingerprint density at radius 3 is 3.00 bits per heavy atom. The standard InChI is InChI=1S/C16H28N4O2/c1-3-8-20-11-15(13(2)18-20)16(22)17-7-10-19-9-5-4-6-14(19)12-21/h11,14,21H,3-10,12H2,1-2H3,(H,17,22)/t14-/m0/s1. The molecule has 124 valence electrons. The number of piperidine rings is 1. The fourth-order valence-corrected chi connectivity index (χ4v) is 3.05. The summed E-state index contributed by atoms with van der Waals surface area (Å²) in [7, 11) is 0. The molecule has 1 aliphatic heterocycles. The zero-order valence-electron chi connectivity index (χ0n) is 13.7. The van der Waals surface area contributed by atoms with Crippen molar-refractivity contribution in [3.63, 3.8) is 0 Å². The van der Waals surface area contributed by atoms with Crippen LogP contribution in [0.3, 0.4) is 0 Å². The molecule has 1 fully saturated rings. The number of aryl methyl sites for hydroxylation is 2. The first-order chi connectivity index (χ1) is 10.7. The van der Waals surface area contributed by atoms with Crippen LogP contribution in [-0.2, 0) is 6.54 Å². The van der Waals surface area contributed by atoms with Gasteiger partial charge >= 0.3 is 0 Å². The van der Waals surface area contributed by atoms with E-state index in [1.165, 1.54) is 12.8 Å². The van der Waals surface area contributed by atoms with Crippen LogP contribution in [0.5, 0.6) is 0 Å². The number of aliphatic hydroxyl groups excluding tert-OH is 1. The van der Waals surface area contributed by atoms with Crippen molar-refractivity contribution >= 4 is 5.91 Å². The number of rotatable bonds is 7. The van der Waals surface area contributed by atoms with Gasteiger partial charge in [-0.2, -0.15) is 5.10 Å². The first kappa shape index (κ1) is 17.0. The lowest BCUT2D eigenvalue weighted by atomic mass is 10.0. The molecular weight excluding hydrogens is 280 g/mol. The molecule has 0 bridgehead atoms. The van der Waals surface area contributed by atoms with E-state index in [-0.39, 0.29) is 18.6 Å². The van der Waals surface area contributed by atoms with Crippen LogP contribution in [0.4, 0.5) is 0 Å². The highest BCUT2D eigenvalue weighted by Gasteiger charge is 2.21. The average Bonchev–Trinajstić information content (AvgIpc) is 2.89. The number of nitrogens with one attached hydrogen (secondary N) is 1. The van der Waals surface area contributed by atoms with E-state index < -0.39 is 0 Å². The van der Waals surface area contributed by atoms with E-state index in [0.717, 1.165) is 38.2 Å². The first-order valence-corrected chi connectivity index (χ1v) is 8.32. The van der Waals surface area contributed by atoms with Crippen LogP contribution in [-0.4, -0.2) is 58.0 Å². The van der Waals surface area contributed by atoms with Gasteiger partial charge in [0.05, 0.1) is 17.9 Å². The number of hydrogen-bond acceptors (Lipinski definition) is 4. The van der Waals surface area contributed by atoms with Crippen molar-refractivity contribution in [2.75, 3.05) is 26.2 Å². The third-order valence-electron chi connectivity index (χ3n) is 4.29. The molecule has 0 aromatic carbocycles. The van der Waals surface area contributed by atoms with Gasteiger partial charge in [0.25, 0.3) is 5.91 Å². The maximum Gasteiger partial charge on any atom is 0.254 e. The van der Waals surface area contributed by atoms with Gasteiger partial charge in [0.1, 0.15) is 0 Å². The Labute approximate surface area is 132 Å². The summed E-state index contributed by atoms with van der Waals surface area (Å²) in [6.45, 7) is 7.40. The fraction of sp³-hybridized carbons (Fsp3) is 0.750. The Morgan fingerprint density at radius 2 is 2.27 bits per heavy atom. The SMILES string of the molecule is CCCn1cc(C(=O)NCCN2CCCC[C@H]2CO)c(C)n1. The van der Waals surface area contributed by atoms with Gasteiger partial charge in [0.15, 0.2) is 0 Å². The normalized spacial score (nSPS) is 19.3. The van der Waals surface area contributed by atoms with Crippen LogP contribution in [0.15, 0.2) is 6.20 Å². The van der Waals surface area contributed by atoms with Crippen molar-refractivity contribution in [3.8, 4) is 0 Å². The first-order valence-electron chi connectivity index (χ1n) is 8.32. The predicted molar refractivity (Wildman–Crippen MR) is 85.9 cm³/mol. The predicted octanol–water partition coefficient (Wildman–Crippen LogP) is 1.18. The van der Waals surface area contributed by atoms with Crippen molar-refractivity contribution in [2.24, 2.45) is 0 Å². The minimum Gasteiger partial charge on any atom is -0.395 e. The van der Waals surface area contributed by atoms with Crippen molar-refractivity contribution in [1.29, 1.82) is 0 Å². The Hall–Kier alpha value is -1.40. The van der Waals surface area contributed by atoms with E-state index in [2.05, 4.69) is 22.2 Å². The summed E-state index contributed by atoms with van der Waals surface area (Å²) >= 11 is 0. The summed E-state index contributed by atoms with van der Waals surface area (Å²) < 4.78 is 1.83. The van der Waals surface area contributed by atoms with E-state index in [9.17, 15) is 9.90 Å². The Kier molecular flexibility index (Phi) is 6.39. The van der Waals surface area contributed by atoms with Crippen LogP contribution in [0.2, 0.25) is 0 Å². The van der Waals surface area contributed by atoms with Gasteiger partial charge in [-0.3, -0.25) is 14.4 Å². The Bertz CT molecular complexity index is 486. The molecule has 2 heterocycles.